The lowest BCUT2D eigenvalue weighted by molar-refractivity contribution is -0.255. The number of hydrogen-bond donors (Lipinski definition) is 2. The van der Waals surface area contributed by atoms with E-state index in [4.69, 9.17) is 5.73 Å². The van der Waals surface area contributed by atoms with Crippen LogP contribution in [0.4, 0.5) is 5.69 Å². The summed E-state index contributed by atoms with van der Waals surface area (Å²) in [6, 6.07) is 2.75. The predicted octanol–water partition coefficient (Wildman–Crippen LogP) is -0.597. The van der Waals surface area contributed by atoms with Crippen molar-refractivity contribution in [2.75, 3.05) is 5.73 Å². The summed E-state index contributed by atoms with van der Waals surface area (Å²) in [6.07, 6.45) is 1.32. The zero-order valence-electron chi connectivity index (χ0n) is 6.07. The number of quaternary nitrogens is 1. The fourth-order valence-electron chi connectivity index (χ4n) is 0.559. The number of carboxylic acid groups (broad SMARTS) is 1. The first-order valence-corrected chi connectivity index (χ1v) is 2.63. The normalized spacial score (nSPS) is 8.36. The van der Waals surface area contributed by atoms with Gasteiger partial charge in [0, 0.05) is 11.9 Å². The second kappa shape index (κ2) is 3.52. The molecule has 0 saturated carbocycles. The van der Waals surface area contributed by atoms with Crippen LogP contribution in [-0.4, -0.2) is 11.0 Å². The Morgan fingerprint density at radius 3 is 2.64 bits per heavy atom. The fraction of sp³-hybridized carbons (Fsp3) is 0. The van der Waals surface area contributed by atoms with Crippen LogP contribution in [-0.2, 0) is 0 Å². The topological polar surface area (TPSA) is 116 Å². The number of anilines is 1. The van der Waals surface area contributed by atoms with Crippen molar-refractivity contribution in [1.82, 2.24) is 11.1 Å². The lowest BCUT2D eigenvalue weighted by Crippen LogP contribution is -2.23. The van der Waals surface area contributed by atoms with Crippen LogP contribution in [0.2, 0.25) is 0 Å². The Labute approximate surface area is 63.4 Å². The van der Waals surface area contributed by atoms with Gasteiger partial charge in [0.1, 0.15) is 0 Å². The molecule has 5 nitrogen and oxygen atoms in total. The smallest absolute Gasteiger partial charge is 0.0900 e. The Morgan fingerprint density at radius 1 is 1.64 bits per heavy atom. The van der Waals surface area contributed by atoms with Gasteiger partial charge in [0.15, 0.2) is 0 Å². The van der Waals surface area contributed by atoms with Crippen LogP contribution < -0.4 is 17.0 Å². The number of carbonyl (C=O) groups is 1. The summed E-state index contributed by atoms with van der Waals surface area (Å²) in [5, 5.41) is 10.1. The summed E-state index contributed by atoms with van der Waals surface area (Å²) in [6.45, 7) is 0. The third-order valence-corrected chi connectivity index (χ3v) is 0.993. The maximum Gasteiger partial charge on any atom is 0.0900 e. The number of nitrogen functional groups attached to an aromatic ring is 1. The lowest BCUT2D eigenvalue weighted by Gasteiger charge is -1.99. The van der Waals surface area contributed by atoms with Gasteiger partial charge in [-0.15, -0.1) is 0 Å². The third-order valence-electron chi connectivity index (χ3n) is 0.993. The Kier molecular flexibility index (Phi) is 3.01. The van der Waals surface area contributed by atoms with E-state index in [1.807, 2.05) is 0 Å². The molecule has 0 aliphatic carbocycles. The standard InChI is InChI=1S/C6H6N2O2.H3N/c7-4-1-2-8-5(3-4)6(9)10;/h1-3H,(H2,7,8)(H,9,10);1H3. The van der Waals surface area contributed by atoms with Gasteiger partial charge < -0.3 is 21.8 Å². The first-order valence-electron chi connectivity index (χ1n) is 2.63. The van der Waals surface area contributed by atoms with Crippen LogP contribution in [0.1, 0.15) is 10.5 Å². The largest absolute Gasteiger partial charge is 0.543 e. The molecule has 0 aliphatic rings. The minimum Gasteiger partial charge on any atom is -0.543 e. The molecule has 0 radical (unpaired) electrons. The first-order chi connectivity index (χ1) is 4.70. The van der Waals surface area contributed by atoms with Crippen LogP contribution in [0.5, 0.6) is 0 Å². The number of nitrogens with zero attached hydrogens (tertiary/aromatic N) is 1. The third kappa shape index (κ3) is 2.23. The Morgan fingerprint density at radius 2 is 2.27 bits per heavy atom. The van der Waals surface area contributed by atoms with Crippen molar-refractivity contribution in [2.24, 2.45) is 0 Å². The van der Waals surface area contributed by atoms with Gasteiger partial charge in [0.05, 0.1) is 11.7 Å². The van der Waals surface area contributed by atoms with Crippen molar-refractivity contribution in [3.63, 3.8) is 0 Å². The van der Waals surface area contributed by atoms with Crippen molar-refractivity contribution < 1.29 is 9.90 Å². The molecule has 11 heavy (non-hydrogen) atoms. The van der Waals surface area contributed by atoms with Gasteiger partial charge in [-0.2, -0.15) is 0 Å². The molecule has 1 aromatic heterocycles. The SMILES string of the molecule is Nc1ccnc(C(=O)[O-])c1.[NH4+]. The van der Waals surface area contributed by atoms with Gasteiger partial charge in [-0.3, -0.25) is 4.98 Å². The molecule has 5 heteroatoms. The van der Waals surface area contributed by atoms with E-state index < -0.39 is 5.97 Å². The predicted molar refractivity (Wildman–Crippen MR) is 39.0 cm³/mol. The molecule has 1 aromatic rings. The van der Waals surface area contributed by atoms with E-state index >= 15 is 0 Å². The Bertz CT molecular complexity index is 262. The molecule has 6 N–H and O–H groups in total. The average Bonchev–Trinajstić information content (AvgIpc) is 1.88. The number of aromatic nitrogens is 1. The molecule has 1 rings (SSSR count). The van der Waals surface area contributed by atoms with Crippen molar-refractivity contribution in [1.29, 1.82) is 0 Å². The van der Waals surface area contributed by atoms with Gasteiger partial charge in [-0.05, 0) is 12.1 Å². The van der Waals surface area contributed by atoms with Crippen LogP contribution in [0.25, 0.3) is 0 Å². The van der Waals surface area contributed by atoms with E-state index in [0.717, 1.165) is 0 Å². The molecule has 1 heterocycles. The fourth-order valence-corrected chi connectivity index (χ4v) is 0.559. The van der Waals surface area contributed by atoms with Crippen molar-refractivity contribution >= 4 is 11.7 Å². The Hall–Kier alpha value is -1.62. The summed E-state index contributed by atoms with van der Waals surface area (Å²) in [5.41, 5.74) is 5.50. The molecule has 0 spiro atoms. The quantitative estimate of drug-likeness (QED) is 0.563. The summed E-state index contributed by atoms with van der Waals surface area (Å²) in [4.78, 5) is 13.6. The second-order valence-corrected chi connectivity index (χ2v) is 1.76. The number of pyridine rings is 1. The van der Waals surface area contributed by atoms with Crippen LogP contribution in [0.15, 0.2) is 18.3 Å². The second-order valence-electron chi connectivity index (χ2n) is 1.76. The van der Waals surface area contributed by atoms with Crippen LogP contribution in [0, 0.1) is 0 Å². The molecule has 60 valence electrons. The average molecular weight is 155 g/mol. The Balaban J connectivity index is 0.000001000. The number of hydrogen-bond acceptors (Lipinski definition) is 4. The number of rotatable bonds is 1. The summed E-state index contributed by atoms with van der Waals surface area (Å²) >= 11 is 0. The van der Waals surface area contributed by atoms with E-state index in [1.54, 1.807) is 0 Å². The van der Waals surface area contributed by atoms with Gasteiger partial charge in [0.25, 0.3) is 0 Å². The molecular weight excluding hydrogens is 146 g/mol. The zero-order chi connectivity index (χ0) is 7.56. The summed E-state index contributed by atoms with van der Waals surface area (Å²) < 4.78 is 0. The highest BCUT2D eigenvalue weighted by molar-refractivity contribution is 5.84. The molecule has 0 amide bonds. The molecule has 0 aromatic carbocycles. The van der Waals surface area contributed by atoms with Gasteiger partial charge in [-0.1, -0.05) is 0 Å². The molecule has 0 saturated heterocycles. The highest BCUT2D eigenvalue weighted by Crippen LogP contribution is 2.00. The number of carbonyl (C=O) groups excluding carboxylic acids is 1. The van der Waals surface area contributed by atoms with Gasteiger partial charge >= 0.3 is 0 Å². The van der Waals surface area contributed by atoms with E-state index in [-0.39, 0.29) is 11.8 Å². The van der Waals surface area contributed by atoms with E-state index in [2.05, 4.69) is 4.98 Å². The molecule has 0 unspecified atom stereocenters. The van der Waals surface area contributed by atoms with Gasteiger partial charge in [0.2, 0.25) is 0 Å². The van der Waals surface area contributed by atoms with Crippen molar-refractivity contribution in [3.05, 3.63) is 24.0 Å². The first kappa shape index (κ1) is 9.38. The van der Waals surface area contributed by atoms with E-state index in [0.29, 0.717) is 5.69 Å². The zero-order valence-corrected chi connectivity index (χ0v) is 6.07. The maximum absolute atomic E-state index is 10.1. The number of aromatic carboxylic acids is 1. The molecule has 0 aliphatic heterocycles. The van der Waals surface area contributed by atoms with Crippen molar-refractivity contribution in [3.8, 4) is 0 Å². The number of carboxylic acids is 1. The van der Waals surface area contributed by atoms with E-state index in [1.165, 1.54) is 18.3 Å². The van der Waals surface area contributed by atoms with Gasteiger partial charge in [-0.25, -0.2) is 0 Å². The summed E-state index contributed by atoms with van der Waals surface area (Å²) in [5.74, 6) is -1.31. The highest BCUT2D eigenvalue weighted by atomic mass is 16.4. The van der Waals surface area contributed by atoms with Crippen LogP contribution in [0.3, 0.4) is 0 Å². The van der Waals surface area contributed by atoms with E-state index in [9.17, 15) is 9.90 Å². The maximum atomic E-state index is 10.1. The number of nitrogens with two attached hydrogens (primary N) is 1. The van der Waals surface area contributed by atoms with Crippen LogP contribution >= 0.6 is 0 Å². The summed E-state index contributed by atoms with van der Waals surface area (Å²) in [7, 11) is 0. The molecule has 0 bridgehead atoms. The molecule has 0 atom stereocenters. The highest BCUT2D eigenvalue weighted by Gasteiger charge is 1.92. The lowest BCUT2D eigenvalue weighted by atomic mass is 10.3. The van der Waals surface area contributed by atoms with Crippen molar-refractivity contribution in [2.45, 2.75) is 0 Å². The monoisotopic (exact) mass is 155 g/mol. The molecular formula is C6H9N3O2. The minimum absolute atomic E-state index is 0. The molecule has 0 fully saturated rings. The minimum atomic E-state index is -1.31.